The molecule has 1 saturated heterocycles. The van der Waals surface area contributed by atoms with E-state index in [0.717, 1.165) is 37.2 Å². The summed E-state index contributed by atoms with van der Waals surface area (Å²) in [7, 11) is 0. The quantitative estimate of drug-likeness (QED) is 0.874. The highest BCUT2D eigenvalue weighted by Gasteiger charge is 2.29. The second-order valence-electron chi connectivity index (χ2n) is 5.97. The van der Waals surface area contributed by atoms with Crippen molar-refractivity contribution >= 4 is 5.91 Å². The minimum atomic E-state index is 0.0856. The predicted molar refractivity (Wildman–Crippen MR) is 85.4 cm³/mol. The molecule has 0 N–H and O–H groups in total. The number of carbonyl (C=O) groups is 1. The van der Waals surface area contributed by atoms with Crippen molar-refractivity contribution in [3.05, 3.63) is 59.2 Å². The number of benzene rings is 1. The molecule has 114 valence electrons. The van der Waals surface area contributed by atoms with Gasteiger partial charge in [0, 0.05) is 26.1 Å². The minimum absolute atomic E-state index is 0.0856. The van der Waals surface area contributed by atoms with Crippen LogP contribution in [-0.4, -0.2) is 27.3 Å². The highest BCUT2D eigenvalue weighted by molar-refractivity contribution is 5.74. The highest BCUT2D eigenvalue weighted by Crippen LogP contribution is 2.30. The molecule has 0 unspecified atom stereocenters. The van der Waals surface area contributed by atoms with E-state index >= 15 is 0 Å². The zero-order chi connectivity index (χ0) is 15.5. The van der Waals surface area contributed by atoms with E-state index < -0.39 is 0 Å². The fourth-order valence-corrected chi connectivity index (χ4v) is 3.15. The van der Waals surface area contributed by atoms with Gasteiger partial charge in [0.05, 0.1) is 23.6 Å². The van der Waals surface area contributed by atoms with Gasteiger partial charge in [-0.05, 0) is 25.3 Å². The Labute approximate surface area is 131 Å². The number of aromatic nitrogens is 2. The van der Waals surface area contributed by atoms with Gasteiger partial charge in [-0.2, -0.15) is 0 Å². The van der Waals surface area contributed by atoms with Crippen LogP contribution in [-0.2, 0) is 11.2 Å². The van der Waals surface area contributed by atoms with Crippen LogP contribution < -0.4 is 0 Å². The molecule has 0 saturated carbocycles. The topological polar surface area (TPSA) is 46.1 Å². The molecular formula is C18H21N3O. The van der Waals surface area contributed by atoms with Crippen molar-refractivity contribution in [2.24, 2.45) is 0 Å². The van der Waals surface area contributed by atoms with Crippen LogP contribution in [0.25, 0.3) is 0 Å². The van der Waals surface area contributed by atoms with Gasteiger partial charge >= 0.3 is 0 Å². The average molecular weight is 295 g/mol. The van der Waals surface area contributed by atoms with E-state index in [4.69, 9.17) is 4.98 Å². The monoisotopic (exact) mass is 295 g/mol. The largest absolute Gasteiger partial charge is 0.334 e. The van der Waals surface area contributed by atoms with E-state index in [-0.39, 0.29) is 11.9 Å². The number of likely N-dealkylation sites (tertiary alicyclic amines) is 1. The number of rotatable bonds is 3. The molecule has 4 nitrogen and oxygen atoms in total. The molecular weight excluding hydrogens is 274 g/mol. The van der Waals surface area contributed by atoms with Crippen LogP contribution in [0.5, 0.6) is 0 Å². The molecule has 1 atom stereocenters. The Hall–Kier alpha value is -2.23. The van der Waals surface area contributed by atoms with Gasteiger partial charge in [0.2, 0.25) is 5.91 Å². The Morgan fingerprint density at radius 3 is 3.00 bits per heavy atom. The second kappa shape index (κ2) is 6.26. The van der Waals surface area contributed by atoms with Gasteiger partial charge in [0.1, 0.15) is 0 Å². The first-order chi connectivity index (χ1) is 10.6. The van der Waals surface area contributed by atoms with Crippen LogP contribution in [0.3, 0.4) is 0 Å². The maximum absolute atomic E-state index is 11.7. The molecule has 1 fully saturated rings. The lowest BCUT2D eigenvalue weighted by Crippen LogP contribution is -2.28. The van der Waals surface area contributed by atoms with Gasteiger partial charge in [-0.15, -0.1) is 0 Å². The Morgan fingerprint density at radius 1 is 1.36 bits per heavy atom. The molecule has 3 rings (SSSR count). The van der Waals surface area contributed by atoms with Crippen LogP contribution in [0.2, 0.25) is 0 Å². The molecule has 1 aliphatic heterocycles. The summed E-state index contributed by atoms with van der Waals surface area (Å²) < 4.78 is 0. The molecule has 0 radical (unpaired) electrons. The SMILES string of the molecule is CC(=O)N1CCC[C@@H]1c1cncc(Cc2cccc(C)c2)n1. The maximum Gasteiger partial charge on any atom is 0.220 e. The summed E-state index contributed by atoms with van der Waals surface area (Å²) in [6, 6.07) is 8.53. The molecule has 4 heteroatoms. The number of hydrogen-bond acceptors (Lipinski definition) is 3. The van der Waals surface area contributed by atoms with Crippen LogP contribution in [0.4, 0.5) is 0 Å². The molecule has 0 aliphatic carbocycles. The summed E-state index contributed by atoms with van der Waals surface area (Å²) in [6.07, 6.45) is 6.40. The zero-order valence-electron chi connectivity index (χ0n) is 13.1. The summed E-state index contributed by atoms with van der Waals surface area (Å²) in [6.45, 7) is 4.54. The molecule has 22 heavy (non-hydrogen) atoms. The molecule has 1 aliphatic rings. The van der Waals surface area contributed by atoms with Crippen molar-refractivity contribution < 1.29 is 4.79 Å². The van der Waals surface area contributed by atoms with E-state index in [0.29, 0.717) is 0 Å². The standard InChI is InChI=1S/C18H21N3O/c1-13-5-3-6-15(9-13)10-16-11-19-12-17(20-16)18-7-4-8-21(18)14(2)22/h3,5-6,9,11-12,18H,4,7-8,10H2,1-2H3/t18-/m1/s1. The fraction of sp³-hybridized carbons (Fsp3) is 0.389. The van der Waals surface area contributed by atoms with Gasteiger partial charge in [-0.3, -0.25) is 14.8 Å². The van der Waals surface area contributed by atoms with E-state index in [9.17, 15) is 4.79 Å². The summed E-state index contributed by atoms with van der Waals surface area (Å²) in [5.41, 5.74) is 4.36. The van der Waals surface area contributed by atoms with Gasteiger partial charge in [0.25, 0.3) is 0 Å². The predicted octanol–water partition coefficient (Wildman–Crippen LogP) is 3.06. The molecule has 1 aromatic carbocycles. The molecule has 1 amide bonds. The lowest BCUT2D eigenvalue weighted by atomic mass is 10.1. The Morgan fingerprint density at radius 2 is 2.23 bits per heavy atom. The number of amides is 1. The van der Waals surface area contributed by atoms with Gasteiger partial charge in [0.15, 0.2) is 0 Å². The van der Waals surface area contributed by atoms with Gasteiger partial charge in [-0.1, -0.05) is 29.8 Å². The highest BCUT2D eigenvalue weighted by atomic mass is 16.2. The first kappa shape index (κ1) is 14.7. The third-order valence-corrected chi connectivity index (χ3v) is 4.17. The average Bonchev–Trinajstić information content (AvgIpc) is 2.97. The minimum Gasteiger partial charge on any atom is -0.334 e. The second-order valence-corrected chi connectivity index (χ2v) is 5.97. The third kappa shape index (κ3) is 3.16. The zero-order valence-corrected chi connectivity index (χ0v) is 13.1. The van der Waals surface area contributed by atoms with Crippen molar-refractivity contribution in [1.82, 2.24) is 14.9 Å². The molecule has 2 heterocycles. The van der Waals surface area contributed by atoms with Gasteiger partial charge < -0.3 is 4.90 Å². The van der Waals surface area contributed by atoms with E-state index in [1.807, 2.05) is 11.1 Å². The Balaban J connectivity index is 1.82. The Kier molecular flexibility index (Phi) is 4.18. The van der Waals surface area contributed by atoms with E-state index in [1.165, 1.54) is 11.1 Å². The smallest absolute Gasteiger partial charge is 0.220 e. The van der Waals surface area contributed by atoms with Crippen molar-refractivity contribution in [3.63, 3.8) is 0 Å². The Bertz CT molecular complexity index is 684. The summed E-state index contributed by atoms with van der Waals surface area (Å²) in [5.74, 6) is 0.119. The molecule has 0 spiro atoms. The van der Waals surface area contributed by atoms with Crippen molar-refractivity contribution in [2.75, 3.05) is 6.54 Å². The third-order valence-electron chi connectivity index (χ3n) is 4.17. The maximum atomic E-state index is 11.7. The van der Waals surface area contributed by atoms with Crippen LogP contribution in [0, 0.1) is 6.92 Å². The summed E-state index contributed by atoms with van der Waals surface area (Å²) in [5, 5.41) is 0. The lowest BCUT2D eigenvalue weighted by molar-refractivity contribution is -0.129. The molecule has 0 bridgehead atoms. The summed E-state index contributed by atoms with van der Waals surface area (Å²) in [4.78, 5) is 22.7. The van der Waals surface area contributed by atoms with Crippen molar-refractivity contribution in [1.29, 1.82) is 0 Å². The fourth-order valence-electron chi connectivity index (χ4n) is 3.15. The van der Waals surface area contributed by atoms with Crippen LogP contribution in [0.15, 0.2) is 36.7 Å². The van der Waals surface area contributed by atoms with Crippen LogP contribution >= 0.6 is 0 Å². The molecule has 1 aromatic heterocycles. The normalized spacial score (nSPS) is 17.7. The first-order valence-corrected chi connectivity index (χ1v) is 7.77. The van der Waals surface area contributed by atoms with E-state index in [2.05, 4.69) is 36.2 Å². The van der Waals surface area contributed by atoms with E-state index in [1.54, 1.807) is 13.1 Å². The lowest BCUT2D eigenvalue weighted by Gasteiger charge is -2.22. The van der Waals surface area contributed by atoms with Crippen LogP contribution in [0.1, 0.15) is 48.3 Å². The number of nitrogens with zero attached hydrogens (tertiary/aromatic N) is 3. The van der Waals surface area contributed by atoms with Crippen molar-refractivity contribution in [2.45, 2.75) is 39.2 Å². The van der Waals surface area contributed by atoms with Gasteiger partial charge in [-0.25, -0.2) is 0 Å². The molecule has 2 aromatic rings. The number of carbonyl (C=O) groups excluding carboxylic acids is 1. The first-order valence-electron chi connectivity index (χ1n) is 7.77. The van der Waals surface area contributed by atoms with Crippen molar-refractivity contribution in [3.8, 4) is 0 Å². The number of hydrogen-bond donors (Lipinski definition) is 0. The summed E-state index contributed by atoms with van der Waals surface area (Å²) >= 11 is 0. The number of aryl methyl sites for hydroxylation is 1.